The fourth-order valence-electron chi connectivity index (χ4n) is 1.48. The van der Waals surface area contributed by atoms with Crippen molar-refractivity contribution in [2.45, 2.75) is 19.5 Å². The quantitative estimate of drug-likeness (QED) is 0.778. The lowest BCUT2D eigenvalue weighted by Gasteiger charge is -2.09. The lowest BCUT2D eigenvalue weighted by molar-refractivity contribution is -0.136. The summed E-state index contributed by atoms with van der Waals surface area (Å²) in [5.74, 6) is 0.470. The second-order valence-electron chi connectivity index (χ2n) is 3.20. The van der Waals surface area contributed by atoms with Gasteiger partial charge < -0.3 is 0 Å². The van der Waals surface area contributed by atoms with Gasteiger partial charge in [-0.3, -0.25) is 4.40 Å². The molecule has 2 heterocycles. The summed E-state index contributed by atoms with van der Waals surface area (Å²) < 4.78 is 39.5. The van der Waals surface area contributed by atoms with Crippen molar-refractivity contribution >= 4 is 17.2 Å². The van der Waals surface area contributed by atoms with Crippen LogP contribution in [0.2, 0.25) is 5.02 Å². The van der Waals surface area contributed by atoms with Crippen LogP contribution in [0.4, 0.5) is 13.2 Å². The van der Waals surface area contributed by atoms with Crippen LogP contribution in [0, 0.1) is 0 Å². The first kappa shape index (κ1) is 11.2. The zero-order valence-corrected chi connectivity index (χ0v) is 8.97. The van der Waals surface area contributed by atoms with Crippen molar-refractivity contribution in [2.24, 2.45) is 0 Å². The Bertz CT molecular complexity index is 533. The Balaban J connectivity index is 2.81. The van der Waals surface area contributed by atoms with Crippen LogP contribution in [-0.4, -0.2) is 14.6 Å². The second kappa shape index (κ2) is 3.62. The maximum Gasteiger partial charge on any atom is 0.421 e. The van der Waals surface area contributed by atoms with Crippen molar-refractivity contribution in [1.29, 1.82) is 0 Å². The van der Waals surface area contributed by atoms with Gasteiger partial charge in [0.2, 0.25) is 0 Å². The summed E-state index contributed by atoms with van der Waals surface area (Å²) in [6, 6.07) is 1.19. The standard InChI is InChI=1S/C9H7ClF3N3/c1-2-6-14-15-8-7(9(11,12)13)5(10)3-4-16(6)8/h3-4H,2H2,1H3. The van der Waals surface area contributed by atoms with Crippen molar-refractivity contribution in [3.05, 3.63) is 28.7 Å². The Morgan fingerprint density at radius 3 is 2.62 bits per heavy atom. The summed E-state index contributed by atoms with van der Waals surface area (Å²) in [5.41, 5.74) is -1.19. The average molecular weight is 250 g/mol. The minimum absolute atomic E-state index is 0.253. The molecule has 0 bridgehead atoms. The predicted molar refractivity (Wildman–Crippen MR) is 52.4 cm³/mol. The summed E-state index contributed by atoms with van der Waals surface area (Å²) >= 11 is 5.54. The highest BCUT2D eigenvalue weighted by Gasteiger charge is 2.37. The zero-order valence-electron chi connectivity index (χ0n) is 8.22. The average Bonchev–Trinajstić information content (AvgIpc) is 2.57. The Hall–Kier alpha value is -1.30. The molecule has 3 nitrogen and oxygen atoms in total. The zero-order chi connectivity index (χ0) is 11.9. The van der Waals surface area contributed by atoms with Gasteiger partial charge in [-0.25, -0.2) is 0 Å². The van der Waals surface area contributed by atoms with Gasteiger partial charge in [-0.15, -0.1) is 10.2 Å². The van der Waals surface area contributed by atoms with Crippen LogP contribution in [0.1, 0.15) is 18.3 Å². The summed E-state index contributed by atoms with van der Waals surface area (Å²) in [6.07, 6.45) is -2.59. The van der Waals surface area contributed by atoms with E-state index in [4.69, 9.17) is 11.6 Å². The molecule has 0 saturated carbocycles. The van der Waals surface area contributed by atoms with E-state index in [0.717, 1.165) is 0 Å². The van der Waals surface area contributed by atoms with Gasteiger partial charge in [-0.2, -0.15) is 13.2 Å². The molecule has 0 aliphatic heterocycles. The molecule has 0 aliphatic rings. The summed E-state index contributed by atoms with van der Waals surface area (Å²) in [7, 11) is 0. The topological polar surface area (TPSA) is 30.2 Å². The van der Waals surface area contributed by atoms with Gasteiger partial charge in [0.05, 0.1) is 5.02 Å². The fourth-order valence-corrected chi connectivity index (χ4v) is 1.73. The number of aryl methyl sites for hydroxylation is 1. The van der Waals surface area contributed by atoms with Gasteiger partial charge in [0, 0.05) is 12.6 Å². The van der Waals surface area contributed by atoms with Gasteiger partial charge in [0.1, 0.15) is 11.4 Å². The first-order chi connectivity index (χ1) is 7.45. The first-order valence-corrected chi connectivity index (χ1v) is 4.92. The molecule has 16 heavy (non-hydrogen) atoms. The lowest BCUT2D eigenvalue weighted by Crippen LogP contribution is -2.09. The van der Waals surface area contributed by atoms with Crippen LogP contribution in [0.15, 0.2) is 12.3 Å². The van der Waals surface area contributed by atoms with Gasteiger partial charge in [0.15, 0.2) is 5.65 Å². The highest BCUT2D eigenvalue weighted by molar-refractivity contribution is 6.31. The number of nitrogens with zero attached hydrogens (tertiary/aromatic N) is 3. The van der Waals surface area contributed by atoms with Crippen LogP contribution in [0.5, 0.6) is 0 Å². The SMILES string of the molecule is CCc1nnc2c(C(F)(F)F)c(Cl)ccn12. The molecule has 0 N–H and O–H groups in total. The number of pyridine rings is 1. The molecule has 0 atom stereocenters. The van der Waals surface area contributed by atoms with Crippen molar-refractivity contribution in [3.63, 3.8) is 0 Å². The number of fused-ring (bicyclic) bond motifs is 1. The smallest absolute Gasteiger partial charge is 0.286 e. The van der Waals surface area contributed by atoms with E-state index in [1.807, 2.05) is 0 Å². The Kier molecular flexibility index (Phi) is 2.53. The predicted octanol–water partition coefficient (Wildman–Crippen LogP) is 2.96. The molecule has 0 aliphatic carbocycles. The van der Waals surface area contributed by atoms with Gasteiger partial charge in [-0.05, 0) is 6.07 Å². The van der Waals surface area contributed by atoms with E-state index in [9.17, 15) is 13.2 Å². The van der Waals surface area contributed by atoms with Crippen molar-refractivity contribution in [2.75, 3.05) is 0 Å². The molecule has 86 valence electrons. The molecule has 0 unspecified atom stereocenters. The number of rotatable bonds is 1. The van der Waals surface area contributed by atoms with E-state index in [-0.39, 0.29) is 10.7 Å². The lowest BCUT2D eigenvalue weighted by atomic mass is 10.2. The van der Waals surface area contributed by atoms with Crippen LogP contribution in [0.3, 0.4) is 0 Å². The number of hydrogen-bond donors (Lipinski definition) is 0. The largest absolute Gasteiger partial charge is 0.421 e. The molecule has 0 radical (unpaired) electrons. The minimum atomic E-state index is -4.53. The van der Waals surface area contributed by atoms with E-state index in [0.29, 0.717) is 12.2 Å². The van der Waals surface area contributed by atoms with Gasteiger partial charge >= 0.3 is 6.18 Å². The third kappa shape index (κ3) is 1.63. The molecule has 0 saturated heterocycles. The maximum atomic E-state index is 12.7. The third-order valence-corrected chi connectivity index (χ3v) is 2.51. The normalized spacial score (nSPS) is 12.3. The minimum Gasteiger partial charge on any atom is -0.286 e. The Labute approximate surface area is 93.9 Å². The number of aromatic nitrogens is 3. The van der Waals surface area contributed by atoms with Crippen LogP contribution in [-0.2, 0) is 12.6 Å². The molecule has 2 rings (SSSR count). The van der Waals surface area contributed by atoms with Gasteiger partial charge in [0.25, 0.3) is 0 Å². The maximum absolute atomic E-state index is 12.7. The molecule has 0 aromatic carbocycles. The monoisotopic (exact) mass is 249 g/mol. The second-order valence-corrected chi connectivity index (χ2v) is 3.61. The molecule has 7 heteroatoms. The molecule has 2 aromatic rings. The van der Waals surface area contributed by atoms with Crippen molar-refractivity contribution in [3.8, 4) is 0 Å². The first-order valence-electron chi connectivity index (χ1n) is 4.54. The third-order valence-electron chi connectivity index (χ3n) is 2.20. The highest BCUT2D eigenvalue weighted by Crippen LogP contribution is 2.36. The van der Waals surface area contributed by atoms with E-state index in [1.54, 1.807) is 6.92 Å². The van der Waals surface area contributed by atoms with E-state index < -0.39 is 11.7 Å². The summed E-state index contributed by atoms with van der Waals surface area (Å²) in [4.78, 5) is 0. The Morgan fingerprint density at radius 1 is 1.38 bits per heavy atom. The highest BCUT2D eigenvalue weighted by atomic mass is 35.5. The van der Waals surface area contributed by atoms with Crippen LogP contribution < -0.4 is 0 Å². The van der Waals surface area contributed by atoms with Crippen LogP contribution in [0.25, 0.3) is 5.65 Å². The molecule has 0 fully saturated rings. The number of halogens is 4. The number of hydrogen-bond acceptors (Lipinski definition) is 2. The van der Waals surface area contributed by atoms with Gasteiger partial charge in [-0.1, -0.05) is 18.5 Å². The molecule has 0 spiro atoms. The fraction of sp³-hybridized carbons (Fsp3) is 0.333. The summed E-state index contributed by atoms with van der Waals surface area (Å²) in [6.45, 7) is 1.79. The Morgan fingerprint density at radius 2 is 2.06 bits per heavy atom. The van der Waals surface area contributed by atoms with E-state index in [2.05, 4.69) is 10.2 Å². The summed E-state index contributed by atoms with van der Waals surface area (Å²) in [5, 5.41) is 6.84. The van der Waals surface area contributed by atoms with Crippen molar-refractivity contribution < 1.29 is 13.2 Å². The molecule has 2 aromatic heterocycles. The molecular weight excluding hydrogens is 243 g/mol. The molecule has 0 amide bonds. The van der Waals surface area contributed by atoms with E-state index in [1.165, 1.54) is 16.7 Å². The van der Waals surface area contributed by atoms with Crippen LogP contribution >= 0.6 is 11.6 Å². The molecular formula is C9H7ClF3N3. The number of alkyl halides is 3. The van der Waals surface area contributed by atoms with E-state index >= 15 is 0 Å². The van der Waals surface area contributed by atoms with Crippen molar-refractivity contribution in [1.82, 2.24) is 14.6 Å².